The number of nitrogens with zero attached hydrogens (tertiary/aromatic N) is 4. The number of carboxylic acids is 1. The molecule has 0 aliphatic heterocycles. The summed E-state index contributed by atoms with van der Waals surface area (Å²) in [5.41, 5.74) is 3.74. The van der Waals surface area contributed by atoms with Crippen LogP contribution in [0.2, 0.25) is 0 Å². The van der Waals surface area contributed by atoms with Crippen molar-refractivity contribution >= 4 is 5.97 Å². The van der Waals surface area contributed by atoms with Gasteiger partial charge in [-0.25, -0.2) is 14.3 Å². The van der Waals surface area contributed by atoms with Crippen molar-refractivity contribution in [1.29, 1.82) is 0 Å². The Balaban J connectivity index is 1.54. The normalized spacial score (nSPS) is 18.2. The van der Waals surface area contributed by atoms with E-state index in [1.54, 1.807) is 12.4 Å². The Kier molecular flexibility index (Phi) is 7.24. The predicted molar refractivity (Wildman–Crippen MR) is 124 cm³/mol. The summed E-state index contributed by atoms with van der Waals surface area (Å²) in [5.74, 6) is -0.257. The van der Waals surface area contributed by atoms with Gasteiger partial charge < -0.3 is 9.84 Å². The van der Waals surface area contributed by atoms with Gasteiger partial charge in [0.05, 0.1) is 6.61 Å². The Hall–Kier alpha value is -3.39. The van der Waals surface area contributed by atoms with E-state index in [0.717, 1.165) is 42.4 Å². The molecule has 1 saturated carbocycles. The summed E-state index contributed by atoms with van der Waals surface area (Å²) in [6, 6.07) is 11.7. The molecular weight excluding hydrogens is 420 g/mol. The minimum atomic E-state index is -0.943. The van der Waals surface area contributed by atoms with Gasteiger partial charge in [0.25, 0.3) is 0 Å². The summed E-state index contributed by atoms with van der Waals surface area (Å²) in [6.45, 7) is 2.76. The van der Waals surface area contributed by atoms with Crippen molar-refractivity contribution in [3.05, 3.63) is 64.8 Å². The van der Waals surface area contributed by atoms with Crippen LogP contribution in [0.4, 0.5) is 0 Å². The molecular formula is C25H28N4O4. The van der Waals surface area contributed by atoms with Crippen LogP contribution < -0.4 is 5.69 Å². The molecule has 1 aliphatic rings. The monoisotopic (exact) mass is 448 g/mol. The number of hydrogen-bond donors (Lipinski definition) is 1. The molecule has 1 aliphatic carbocycles. The van der Waals surface area contributed by atoms with Crippen molar-refractivity contribution in [1.82, 2.24) is 19.7 Å². The fraction of sp³-hybridized carbons (Fsp3) is 0.400. The third-order valence-electron chi connectivity index (χ3n) is 6.13. The quantitative estimate of drug-likeness (QED) is 0.561. The number of hydrogen-bond acceptors (Lipinski definition) is 6. The molecule has 172 valence electrons. The van der Waals surface area contributed by atoms with Crippen molar-refractivity contribution in [3.8, 4) is 22.5 Å². The molecule has 33 heavy (non-hydrogen) atoms. The smallest absolute Gasteiger partial charge is 0.364 e. The van der Waals surface area contributed by atoms with E-state index in [1.807, 2.05) is 43.3 Å². The molecule has 3 aromatic rings. The van der Waals surface area contributed by atoms with E-state index < -0.39 is 5.97 Å². The minimum absolute atomic E-state index is 0.253. The van der Waals surface area contributed by atoms with Crippen LogP contribution in [0.25, 0.3) is 22.5 Å². The number of aliphatic carboxylic acids is 1. The highest BCUT2D eigenvalue weighted by molar-refractivity contribution is 5.77. The molecule has 0 spiro atoms. The second-order valence-electron chi connectivity index (χ2n) is 8.67. The second kappa shape index (κ2) is 10.5. The van der Waals surface area contributed by atoms with Crippen molar-refractivity contribution in [3.63, 3.8) is 0 Å². The van der Waals surface area contributed by atoms with Crippen LogP contribution in [0.3, 0.4) is 0 Å². The highest BCUT2D eigenvalue weighted by Gasteiger charge is 2.23. The first-order valence-electron chi connectivity index (χ1n) is 11.3. The van der Waals surface area contributed by atoms with Crippen molar-refractivity contribution in [2.75, 3.05) is 13.2 Å². The number of benzene rings is 1. The van der Waals surface area contributed by atoms with Gasteiger partial charge in [-0.05, 0) is 56.6 Å². The van der Waals surface area contributed by atoms with Crippen molar-refractivity contribution in [2.24, 2.45) is 11.8 Å². The van der Waals surface area contributed by atoms with E-state index in [9.17, 15) is 9.59 Å². The summed E-state index contributed by atoms with van der Waals surface area (Å²) in [5, 5.41) is 13.5. The van der Waals surface area contributed by atoms with E-state index in [4.69, 9.17) is 14.9 Å². The van der Waals surface area contributed by atoms with E-state index in [0.29, 0.717) is 36.4 Å². The highest BCUT2D eigenvalue weighted by Crippen LogP contribution is 2.31. The van der Waals surface area contributed by atoms with Gasteiger partial charge in [-0.15, -0.1) is 0 Å². The van der Waals surface area contributed by atoms with E-state index in [2.05, 4.69) is 9.97 Å². The summed E-state index contributed by atoms with van der Waals surface area (Å²) >= 11 is 0. The van der Waals surface area contributed by atoms with Gasteiger partial charge in [-0.3, -0.25) is 4.98 Å². The molecule has 0 atom stereocenters. The molecule has 1 fully saturated rings. The van der Waals surface area contributed by atoms with Crippen LogP contribution in [-0.4, -0.2) is 44.0 Å². The van der Waals surface area contributed by atoms with E-state index in [1.165, 1.54) is 4.68 Å². The largest absolute Gasteiger partial charge is 0.480 e. The zero-order valence-electron chi connectivity index (χ0n) is 18.7. The van der Waals surface area contributed by atoms with Crippen molar-refractivity contribution in [2.45, 2.75) is 39.2 Å². The molecule has 4 rings (SSSR count). The van der Waals surface area contributed by atoms with Gasteiger partial charge in [0.1, 0.15) is 18.0 Å². The first-order valence-corrected chi connectivity index (χ1v) is 11.3. The van der Waals surface area contributed by atoms with Gasteiger partial charge in [-0.2, -0.15) is 10.1 Å². The zero-order valence-corrected chi connectivity index (χ0v) is 18.7. The molecule has 0 amide bonds. The molecule has 2 heterocycles. The maximum Gasteiger partial charge on any atom is 0.364 e. The molecule has 8 nitrogen and oxygen atoms in total. The van der Waals surface area contributed by atoms with Gasteiger partial charge >= 0.3 is 11.7 Å². The average molecular weight is 449 g/mol. The summed E-state index contributed by atoms with van der Waals surface area (Å²) in [7, 11) is 0. The number of aryl methyl sites for hydroxylation is 1. The molecule has 1 N–H and O–H groups in total. The molecule has 8 heteroatoms. The fourth-order valence-corrected chi connectivity index (χ4v) is 4.29. The van der Waals surface area contributed by atoms with Crippen molar-refractivity contribution < 1.29 is 14.6 Å². The zero-order chi connectivity index (χ0) is 23.2. The van der Waals surface area contributed by atoms with Gasteiger partial charge in [0.2, 0.25) is 0 Å². The Labute approximate surface area is 192 Å². The number of carbonyl (C=O) groups is 1. The summed E-state index contributed by atoms with van der Waals surface area (Å²) in [4.78, 5) is 32.0. The SMILES string of the molecule is Cc1ccc(-c2nn(CC3CCC(COCC(=O)O)CC3)c(=O)nc2-c2ccncc2)cc1. The molecule has 0 unspecified atom stereocenters. The highest BCUT2D eigenvalue weighted by atomic mass is 16.5. The van der Waals surface area contributed by atoms with Crippen LogP contribution in [0.1, 0.15) is 31.2 Å². The lowest BCUT2D eigenvalue weighted by Crippen LogP contribution is -2.31. The first kappa shape index (κ1) is 22.8. The lowest BCUT2D eigenvalue weighted by Gasteiger charge is -2.28. The fourth-order valence-electron chi connectivity index (χ4n) is 4.29. The van der Waals surface area contributed by atoms with E-state index in [-0.39, 0.29) is 12.3 Å². The molecule has 0 bridgehead atoms. The number of rotatable bonds is 8. The summed E-state index contributed by atoms with van der Waals surface area (Å²) in [6.07, 6.45) is 7.15. The number of ether oxygens (including phenoxy) is 1. The minimum Gasteiger partial charge on any atom is -0.480 e. The standard InChI is InChI=1S/C25H28N4O4/c1-17-2-8-20(9-3-17)24-23(21-10-12-26-13-11-21)27-25(32)29(28-24)14-18-4-6-19(7-5-18)15-33-16-22(30)31/h2-3,8-13,18-19H,4-7,14-16H2,1H3,(H,30,31). The maximum atomic E-state index is 12.9. The van der Waals surface area contributed by atoms with Gasteiger partial charge in [0.15, 0.2) is 0 Å². The Morgan fingerprint density at radius 1 is 1.00 bits per heavy atom. The van der Waals surface area contributed by atoms with Crippen LogP contribution in [-0.2, 0) is 16.1 Å². The van der Waals surface area contributed by atoms with Crippen LogP contribution in [0.15, 0.2) is 53.6 Å². The topological polar surface area (TPSA) is 107 Å². The van der Waals surface area contributed by atoms with Crippen LogP contribution in [0.5, 0.6) is 0 Å². The summed E-state index contributed by atoms with van der Waals surface area (Å²) < 4.78 is 6.75. The number of aromatic nitrogens is 4. The predicted octanol–water partition coefficient (Wildman–Crippen LogP) is 3.58. The molecule has 2 aromatic heterocycles. The van der Waals surface area contributed by atoms with Crippen LogP contribution >= 0.6 is 0 Å². The molecule has 0 saturated heterocycles. The lowest BCUT2D eigenvalue weighted by atomic mass is 9.82. The number of pyridine rings is 1. The molecule has 0 radical (unpaired) electrons. The van der Waals surface area contributed by atoms with Gasteiger partial charge in [-0.1, -0.05) is 29.8 Å². The van der Waals surface area contributed by atoms with Gasteiger partial charge in [0, 0.05) is 30.1 Å². The first-order chi connectivity index (χ1) is 16.0. The Morgan fingerprint density at radius 2 is 1.64 bits per heavy atom. The number of carboxylic acid groups (broad SMARTS) is 1. The third-order valence-corrected chi connectivity index (χ3v) is 6.13. The maximum absolute atomic E-state index is 12.9. The average Bonchev–Trinajstić information content (AvgIpc) is 2.82. The third kappa shape index (κ3) is 5.90. The Bertz CT molecular complexity index is 1140. The van der Waals surface area contributed by atoms with E-state index >= 15 is 0 Å². The Morgan fingerprint density at radius 3 is 2.30 bits per heavy atom. The van der Waals surface area contributed by atoms with Crippen LogP contribution in [0, 0.1) is 18.8 Å². The molecule has 1 aromatic carbocycles. The second-order valence-corrected chi connectivity index (χ2v) is 8.67. The lowest BCUT2D eigenvalue weighted by molar-refractivity contribution is -0.142.